The molecule has 0 aromatic rings. The number of nitrogens with two attached hydrogens (primary N) is 1. The molecule has 0 amide bonds. The smallest absolute Gasteiger partial charge is 0.308 e. The van der Waals surface area contributed by atoms with E-state index in [0.29, 0.717) is 0 Å². The van der Waals surface area contributed by atoms with Crippen LogP contribution in [0.3, 0.4) is 0 Å². The van der Waals surface area contributed by atoms with Crippen LogP contribution in [0.4, 0.5) is 4.39 Å². The number of alkyl halides is 1. The molecule has 0 bridgehead atoms. The number of ether oxygens (including phenoxy) is 3. The highest BCUT2D eigenvalue weighted by molar-refractivity contribution is 5.92. The minimum Gasteiger partial charge on any atom is -0.462 e. The Kier molecular flexibility index (Phi) is 7.64. The molecule has 12 heteroatoms. The van der Waals surface area contributed by atoms with Gasteiger partial charge in [0, 0.05) is 11.1 Å². The van der Waals surface area contributed by atoms with Crippen molar-refractivity contribution in [2.24, 2.45) is 27.7 Å². The van der Waals surface area contributed by atoms with Gasteiger partial charge in [-0.3, -0.25) is 9.59 Å². The van der Waals surface area contributed by atoms with Gasteiger partial charge >= 0.3 is 11.9 Å². The molecule has 0 radical (unpaired) electrons. The van der Waals surface area contributed by atoms with Crippen molar-refractivity contribution >= 4 is 17.8 Å². The molecule has 0 aromatic carbocycles. The summed E-state index contributed by atoms with van der Waals surface area (Å²) in [5.74, 6) is -2.02. The number of rotatable bonds is 8. The summed E-state index contributed by atoms with van der Waals surface area (Å²) in [6, 6.07) is 0. The highest BCUT2D eigenvalue weighted by Gasteiger charge is 2.60. The van der Waals surface area contributed by atoms with Gasteiger partial charge in [0.15, 0.2) is 24.1 Å². The number of carbonyl (C=O) groups is 2. The average Bonchev–Trinajstić information content (AvgIpc) is 2.96. The summed E-state index contributed by atoms with van der Waals surface area (Å²) in [7, 11) is 0. The summed E-state index contributed by atoms with van der Waals surface area (Å²) < 4.78 is 32.3. The second-order valence-electron chi connectivity index (χ2n) is 7.86. The van der Waals surface area contributed by atoms with Crippen molar-refractivity contribution in [1.29, 1.82) is 0 Å². The van der Waals surface area contributed by atoms with E-state index in [-0.39, 0.29) is 11.7 Å². The van der Waals surface area contributed by atoms with Crippen LogP contribution in [-0.4, -0.2) is 59.9 Å². The van der Waals surface area contributed by atoms with Crippen molar-refractivity contribution in [3.8, 4) is 0 Å². The predicted octanol–water partition coefficient (Wildman–Crippen LogP) is 2.15. The minimum absolute atomic E-state index is 0.0975. The Morgan fingerprint density at radius 2 is 2.06 bits per heavy atom. The van der Waals surface area contributed by atoms with E-state index < -0.39 is 61.0 Å². The van der Waals surface area contributed by atoms with E-state index >= 15 is 4.39 Å². The van der Waals surface area contributed by atoms with Crippen molar-refractivity contribution in [2.45, 2.75) is 51.8 Å². The zero-order valence-corrected chi connectivity index (χ0v) is 17.9. The lowest BCUT2D eigenvalue weighted by atomic mass is 9.96. The quantitative estimate of drug-likeness (QED) is 0.264. The maximum absolute atomic E-state index is 15.7. The van der Waals surface area contributed by atoms with Crippen LogP contribution >= 0.6 is 0 Å². The van der Waals surface area contributed by atoms with Gasteiger partial charge in [0.05, 0.1) is 18.4 Å². The van der Waals surface area contributed by atoms with Crippen molar-refractivity contribution in [3.05, 3.63) is 35.1 Å². The molecule has 0 aromatic heterocycles. The summed E-state index contributed by atoms with van der Waals surface area (Å²) in [4.78, 5) is 32.3. The molecule has 2 rings (SSSR count). The van der Waals surface area contributed by atoms with Gasteiger partial charge in [-0.1, -0.05) is 39.4 Å². The molecule has 31 heavy (non-hydrogen) atoms. The second-order valence-corrected chi connectivity index (χ2v) is 7.86. The van der Waals surface area contributed by atoms with Crippen LogP contribution in [0.5, 0.6) is 0 Å². The fraction of sp³-hybridized carbons (Fsp3) is 0.632. The Labute approximate surface area is 179 Å². The molecular weight excluding hydrogens is 411 g/mol. The summed E-state index contributed by atoms with van der Waals surface area (Å²) in [5.41, 5.74) is 12.7. The number of aliphatic imine (C=N–C) groups is 1. The molecule has 2 aliphatic heterocycles. The first-order valence-corrected chi connectivity index (χ1v) is 9.72. The number of hydrogen-bond donors (Lipinski definition) is 1. The van der Waals surface area contributed by atoms with Crippen LogP contribution in [0.25, 0.3) is 10.4 Å². The first kappa shape index (κ1) is 24.2. The van der Waals surface area contributed by atoms with E-state index in [4.69, 9.17) is 25.5 Å². The van der Waals surface area contributed by atoms with Gasteiger partial charge in [0.2, 0.25) is 0 Å². The van der Waals surface area contributed by atoms with Gasteiger partial charge in [-0.05, 0) is 11.6 Å². The molecule has 11 nitrogen and oxygen atoms in total. The number of halogens is 1. The van der Waals surface area contributed by atoms with Crippen molar-refractivity contribution in [1.82, 2.24) is 4.90 Å². The number of azide groups is 1. The van der Waals surface area contributed by atoms with Gasteiger partial charge in [-0.15, -0.1) is 0 Å². The third kappa shape index (κ3) is 5.33. The van der Waals surface area contributed by atoms with Crippen LogP contribution < -0.4 is 5.73 Å². The normalized spacial score (nSPS) is 27.8. The number of amidine groups is 1. The zero-order chi connectivity index (χ0) is 23.3. The molecule has 0 aliphatic carbocycles. The topological polar surface area (TPSA) is 152 Å². The molecule has 2 heterocycles. The number of esters is 2. The van der Waals surface area contributed by atoms with E-state index in [0.717, 1.165) is 0 Å². The average molecular weight is 438 g/mol. The molecule has 0 spiro atoms. The van der Waals surface area contributed by atoms with E-state index in [9.17, 15) is 9.59 Å². The van der Waals surface area contributed by atoms with Gasteiger partial charge in [0.25, 0.3) is 0 Å². The van der Waals surface area contributed by atoms with E-state index in [2.05, 4.69) is 21.6 Å². The standard InChI is InChI=1S/C19H27FN6O5/c1-10(2)17(27)29-9-19(8-23-25-22)15(30-18(28)11(3)4)14(20)16(31-19)26-7-6-13(21)24-12(26)5/h6-7,10-11,14-16H,5,8-9H2,1-4H3,(H2,21,24)/t14-,15+,16-,19-/m1/s1. The molecule has 1 fully saturated rings. The highest BCUT2D eigenvalue weighted by atomic mass is 19.1. The Morgan fingerprint density at radius 1 is 1.42 bits per heavy atom. The molecule has 170 valence electrons. The maximum Gasteiger partial charge on any atom is 0.308 e. The van der Waals surface area contributed by atoms with Crippen LogP contribution in [0.1, 0.15) is 27.7 Å². The van der Waals surface area contributed by atoms with Crippen LogP contribution in [0.2, 0.25) is 0 Å². The van der Waals surface area contributed by atoms with E-state index in [1.54, 1.807) is 27.7 Å². The number of hydrogen-bond acceptors (Lipinski definition) is 9. The van der Waals surface area contributed by atoms with E-state index in [1.807, 2.05) is 0 Å². The lowest BCUT2D eigenvalue weighted by Gasteiger charge is -2.33. The van der Waals surface area contributed by atoms with Gasteiger partial charge in [-0.25, -0.2) is 9.38 Å². The van der Waals surface area contributed by atoms with Crippen LogP contribution in [0.15, 0.2) is 34.8 Å². The largest absolute Gasteiger partial charge is 0.462 e. The lowest BCUT2D eigenvalue weighted by molar-refractivity contribution is -0.180. The molecule has 0 unspecified atom stereocenters. The Morgan fingerprint density at radius 3 is 2.61 bits per heavy atom. The first-order valence-electron chi connectivity index (χ1n) is 9.72. The molecular formula is C19H27FN6O5. The molecule has 0 saturated carbocycles. The van der Waals surface area contributed by atoms with Gasteiger partial charge in [-0.2, -0.15) is 0 Å². The summed E-state index contributed by atoms with van der Waals surface area (Å²) >= 11 is 0. The van der Waals surface area contributed by atoms with Crippen molar-refractivity contribution in [3.63, 3.8) is 0 Å². The predicted molar refractivity (Wildman–Crippen MR) is 109 cm³/mol. The second kappa shape index (κ2) is 9.80. The fourth-order valence-electron chi connectivity index (χ4n) is 2.97. The SMILES string of the molecule is C=C1N=C(N)C=CN1[C@@H]1O[C@](CN=[N+]=[N-])(COC(=O)C(C)C)[C@@H](OC(=O)C(C)C)[C@H]1F. The highest BCUT2D eigenvalue weighted by Crippen LogP contribution is 2.40. The monoisotopic (exact) mass is 438 g/mol. The molecule has 4 atom stereocenters. The zero-order valence-electron chi connectivity index (χ0n) is 17.9. The minimum atomic E-state index is -1.91. The first-order chi connectivity index (χ1) is 14.5. The number of nitrogens with zero attached hydrogens (tertiary/aromatic N) is 5. The van der Waals surface area contributed by atoms with Crippen molar-refractivity contribution < 1.29 is 28.2 Å². The molecule has 1 saturated heterocycles. The van der Waals surface area contributed by atoms with Gasteiger partial charge in [0.1, 0.15) is 18.3 Å². The Balaban J connectivity index is 2.44. The molecule has 2 aliphatic rings. The Hall–Kier alpha value is -3.11. The fourth-order valence-corrected chi connectivity index (χ4v) is 2.97. The summed E-state index contributed by atoms with van der Waals surface area (Å²) in [5, 5.41) is 3.50. The summed E-state index contributed by atoms with van der Waals surface area (Å²) in [6.07, 6.45) is -1.94. The lowest BCUT2D eigenvalue weighted by Crippen LogP contribution is -2.52. The third-order valence-electron chi connectivity index (χ3n) is 4.72. The molecule has 2 N–H and O–H groups in total. The van der Waals surface area contributed by atoms with Crippen LogP contribution in [0, 0.1) is 11.8 Å². The Bertz CT molecular complexity index is 838. The summed E-state index contributed by atoms with van der Waals surface area (Å²) in [6.45, 7) is 9.21. The number of carbonyl (C=O) groups excluding carboxylic acids is 2. The van der Waals surface area contributed by atoms with Crippen molar-refractivity contribution in [2.75, 3.05) is 13.2 Å². The van der Waals surface area contributed by atoms with E-state index in [1.165, 1.54) is 17.2 Å². The van der Waals surface area contributed by atoms with Crippen LogP contribution in [-0.2, 0) is 23.8 Å². The maximum atomic E-state index is 15.7. The third-order valence-corrected chi connectivity index (χ3v) is 4.72. The van der Waals surface area contributed by atoms with Gasteiger partial charge < -0.3 is 24.8 Å².